The number of nitrogens with zero attached hydrogens (tertiary/aromatic N) is 5. The van der Waals surface area contributed by atoms with Crippen LogP contribution in [0.15, 0.2) is 47.6 Å². The minimum atomic E-state index is -0.430. The number of rotatable bonds is 10. The quantitative estimate of drug-likeness (QED) is 0.266. The topological polar surface area (TPSA) is 124 Å². The van der Waals surface area contributed by atoms with Crippen LogP contribution in [0.4, 0.5) is 9.52 Å². The number of hydrogen-bond donors (Lipinski definition) is 2. The Labute approximate surface area is 228 Å². The maximum Gasteiger partial charge on any atom is 0.258 e. The number of nitrogens with one attached hydrogen (secondary N) is 2. The predicted molar refractivity (Wildman–Crippen MR) is 139 cm³/mol. The zero-order chi connectivity index (χ0) is 26.4. The van der Waals surface area contributed by atoms with Gasteiger partial charge in [0, 0.05) is 10.7 Å². The molecule has 37 heavy (non-hydrogen) atoms. The monoisotopic (exact) mass is 581 g/mol. The summed E-state index contributed by atoms with van der Waals surface area (Å²) in [6.45, 7) is 1.49. The summed E-state index contributed by atoms with van der Waals surface area (Å²) in [5.41, 5.74) is 0.558. The number of carbonyl (C=O) groups is 2. The molecule has 0 fully saturated rings. The molecule has 2 amide bonds. The molecule has 0 radical (unpaired) electrons. The van der Waals surface area contributed by atoms with Crippen molar-refractivity contribution in [3.63, 3.8) is 0 Å². The molecule has 0 atom stereocenters. The van der Waals surface area contributed by atoms with Gasteiger partial charge in [-0.1, -0.05) is 46.3 Å². The number of anilines is 1. The summed E-state index contributed by atoms with van der Waals surface area (Å²) in [4.78, 5) is 24.7. The Kier molecular flexibility index (Phi) is 8.92. The molecule has 4 aromatic rings. The van der Waals surface area contributed by atoms with Gasteiger partial charge in [-0.3, -0.25) is 19.5 Å². The molecule has 0 unspecified atom stereocenters. The van der Waals surface area contributed by atoms with Crippen LogP contribution in [0.25, 0.3) is 5.69 Å². The van der Waals surface area contributed by atoms with E-state index in [1.54, 1.807) is 35.8 Å². The van der Waals surface area contributed by atoms with Gasteiger partial charge in [0.25, 0.3) is 5.91 Å². The van der Waals surface area contributed by atoms with Crippen molar-refractivity contribution >= 4 is 63.2 Å². The van der Waals surface area contributed by atoms with Crippen LogP contribution >= 0.6 is 46.3 Å². The minimum absolute atomic E-state index is 0.00224. The van der Waals surface area contributed by atoms with E-state index in [1.807, 2.05) is 0 Å². The van der Waals surface area contributed by atoms with Crippen LogP contribution in [0, 0.1) is 12.7 Å². The van der Waals surface area contributed by atoms with Gasteiger partial charge in [0.2, 0.25) is 11.0 Å². The Morgan fingerprint density at radius 3 is 2.57 bits per heavy atom. The lowest BCUT2D eigenvalue weighted by Gasteiger charge is -2.12. The number of aromatic nitrogens is 5. The van der Waals surface area contributed by atoms with E-state index in [-0.39, 0.29) is 29.8 Å². The van der Waals surface area contributed by atoms with Crippen molar-refractivity contribution in [2.24, 2.45) is 0 Å². The van der Waals surface area contributed by atoms with Crippen LogP contribution in [0.1, 0.15) is 10.8 Å². The lowest BCUT2D eigenvalue weighted by Crippen LogP contribution is -2.29. The highest BCUT2D eigenvalue weighted by Crippen LogP contribution is 2.27. The molecule has 0 saturated carbocycles. The van der Waals surface area contributed by atoms with Gasteiger partial charge >= 0.3 is 0 Å². The summed E-state index contributed by atoms with van der Waals surface area (Å²) in [6.07, 6.45) is 0. The summed E-state index contributed by atoms with van der Waals surface area (Å²) in [7, 11) is 0. The second-order valence-corrected chi connectivity index (χ2v) is 10.3. The summed E-state index contributed by atoms with van der Waals surface area (Å²) in [5.74, 6) is -0.447. The zero-order valence-corrected chi connectivity index (χ0v) is 22.2. The second kappa shape index (κ2) is 12.3. The molecule has 0 bridgehead atoms. The molecule has 0 saturated heterocycles. The smallest absolute Gasteiger partial charge is 0.258 e. The maximum atomic E-state index is 13.5. The number of benzene rings is 2. The highest BCUT2D eigenvalue weighted by atomic mass is 35.5. The van der Waals surface area contributed by atoms with Gasteiger partial charge in [-0.15, -0.1) is 20.4 Å². The van der Waals surface area contributed by atoms with E-state index in [2.05, 4.69) is 31.0 Å². The van der Waals surface area contributed by atoms with Crippen molar-refractivity contribution in [3.8, 4) is 11.4 Å². The summed E-state index contributed by atoms with van der Waals surface area (Å²) < 4.78 is 20.6. The Hall–Kier alpha value is -3.26. The number of halogens is 3. The Bertz CT molecular complexity index is 1420. The van der Waals surface area contributed by atoms with Crippen LogP contribution in [-0.4, -0.2) is 49.1 Å². The molecule has 2 heterocycles. The normalized spacial score (nSPS) is 10.8. The predicted octanol–water partition coefficient (Wildman–Crippen LogP) is 4.30. The van der Waals surface area contributed by atoms with E-state index in [4.69, 9.17) is 27.9 Å². The molecular weight excluding hydrogens is 564 g/mol. The molecule has 0 aliphatic carbocycles. The van der Waals surface area contributed by atoms with Gasteiger partial charge in [0.05, 0.1) is 17.3 Å². The van der Waals surface area contributed by atoms with Crippen molar-refractivity contribution in [2.75, 3.05) is 17.7 Å². The molecule has 192 valence electrons. The molecule has 2 aromatic heterocycles. The van der Waals surface area contributed by atoms with Gasteiger partial charge in [-0.25, -0.2) is 4.39 Å². The van der Waals surface area contributed by atoms with E-state index < -0.39 is 11.7 Å². The van der Waals surface area contributed by atoms with Crippen LogP contribution < -0.4 is 15.4 Å². The molecule has 0 aliphatic rings. The number of ether oxygens (including phenoxy) is 1. The maximum absolute atomic E-state index is 13.5. The molecule has 2 aromatic carbocycles. The van der Waals surface area contributed by atoms with Gasteiger partial charge in [0.15, 0.2) is 17.6 Å². The Balaban J connectivity index is 1.42. The number of carbonyl (C=O) groups excluding carboxylic acids is 2. The van der Waals surface area contributed by atoms with E-state index in [9.17, 15) is 14.0 Å². The first-order valence-corrected chi connectivity index (χ1v) is 13.1. The molecule has 15 heteroatoms. The van der Waals surface area contributed by atoms with Crippen molar-refractivity contribution in [1.29, 1.82) is 0 Å². The molecule has 0 spiro atoms. The average Bonchev–Trinajstić information content (AvgIpc) is 3.46. The van der Waals surface area contributed by atoms with Gasteiger partial charge in [-0.2, -0.15) is 0 Å². The van der Waals surface area contributed by atoms with Crippen LogP contribution in [0.3, 0.4) is 0 Å². The van der Waals surface area contributed by atoms with Crippen molar-refractivity contribution < 1.29 is 18.7 Å². The zero-order valence-electron chi connectivity index (χ0n) is 19.1. The first-order valence-electron chi connectivity index (χ1n) is 10.6. The first-order chi connectivity index (χ1) is 17.8. The van der Waals surface area contributed by atoms with Crippen molar-refractivity contribution in [2.45, 2.75) is 18.6 Å². The average molecular weight is 582 g/mol. The number of aryl methyl sites for hydroxylation is 1. The van der Waals surface area contributed by atoms with Crippen molar-refractivity contribution in [3.05, 3.63) is 69.2 Å². The summed E-state index contributed by atoms with van der Waals surface area (Å²) in [5, 5.41) is 23.6. The fourth-order valence-corrected chi connectivity index (χ4v) is 4.80. The van der Waals surface area contributed by atoms with Crippen LogP contribution in [0.2, 0.25) is 10.0 Å². The minimum Gasteiger partial charge on any atom is -0.482 e. The number of hydrogen-bond acceptors (Lipinski definition) is 9. The van der Waals surface area contributed by atoms with Crippen molar-refractivity contribution in [1.82, 2.24) is 30.3 Å². The van der Waals surface area contributed by atoms with Gasteiger partial charge in [0.1, 0.15) is 16.6 Å². The molecule has 2 N–H and O–H groups in total. The van der Waals surface area contributed by atoms with Crippen LogP contribution in [-0.2, 0) is 16.1 Å². The van der Waals surface area contributed by atoms with E-state index >= 15 is 0 Å². The van der Waals surface area contributed by atoms with E-state index in [0.717, 1.165) is 16.8 Å². The second-order valence-electron chi connectivity index (χ2n) is 7.31. The molecule has 10 nitrogen and oxygen atoms in total. The first kappa shape index (κ1) is 26.8. The third-order valence-corrected chi connectivity index (χ3v) is 6.80. The van der Waals surface area contributed by atoms with Gasteiger partial charge in [-0.05, 0) is 49.4 Å². The highest BCUT2D eigenvalue weighted by Gasteiger charge is 2.18. The van der Waals surface area contributed by atoms with E-state index in [1.165, 1.54) is 29.5 Å². The molecule has 4 rings (SSSR count). The lowest BCUT2D eigenvalue weighted by atomic mass is 10.3. The fourth-order valence-electron chi connectivity index (χ4n) is 2.95. The number of amides is 2. The van der Waals surface area contributed by atoms with E-state index in [0.29, 0.717) is 32.6 Å². The summed E-state index contributed by atoms with van der Waals surface area (Å²) >= 11 is 14.3. The standard InChI is InChI=1S/C22H18Cl2FN7O3S2/c1-12-28-30-21(37-12)27-20(34)11-36-22-31-29-18(32(22)15-5-3-14(25)4-6-15)9-26-19(33)10-35-17-7-2-13(23)8-16(17)24/h2-8H,9-11H2,1H3,(H,26,33)(H,27,30,34). The molecular formula is C22H18Cl2FN7O3S2. The Morgan fingerprint density at radius 2 is 1.86 bits per heavy atom. The number of thioether (sulfide) groups is 1. The summed E-state index contributed by atoms with van der Waals surface area (Å²) in [6, 6.07) is 10.3. The largest absolute Gasteiger partial charge is 0.482 e. The third kappa shape index (κ3) is 7.38. The highest BCUT2D eigenvalue weighted by molar-refractivity contribution is 7.99. The third-order valence-electron chi connectivity index (χ3n) is 4.59. The lowest BCUT2D eigenvalue weighted by molar-refractivity contribution is -0.123. The van der Waals surface area contributed by atoms with Crippen LogP contribution in [0.5, 0.6) is 5.75 Å². The molecule has 0 aliphatic heterocycles. The fraction of sp³-hybridized carbons (Fsp3) is 0.182. The Morgan fingerprint density at radius 1 is 1.08 bits per heavy atom. The van der Waals surface area contributed by atoms with Gasteiger partial charge < -0.3 is 10.1 Å². The SMILES string of the molecule is Cc1nnc(NC(=O)CSc2nnc(CNC(=O)COc3ccc(Cl)cc3Cl)n2-c2ccc(F)cc2)s1.